The largest absolute Gasteiger partial charge is 0.496 e. The standard InChI is InChI=1S/C18H17ClN2O2S/c1-11-3-4-12(9-15(11)23-2)5-8-17(22)21-18-20-14-7-6-13(19)10-16(14)24-18/h3-4,6-7,9-10H,5,8H2,1-2H3,(H,20,21,22). The number of thiazole rings is 1. The van der Waals surface area contributed by atoms with Crippen molar-refractivity contribution in [1.82, 2.24) is 4.98 Å². The Morgan fingerprint density at radius 3 is 2.92 bits per heavy atom. The number of halogens is 1. The van der Waals surface area contributed by atoms with Crippen molar-refractivity contribution in [2.75, 3.05) is 12.4 Å². The summed E-state index contributed by atoms with van der Waals surface area (Å²) < 4.78 is 6.27. The van der Waals surface area contributed by atoms with Crippen LogP contribution in [-0.2, 0) is 11.2 Å². The molecule has 2 aromatic carbocycles. The quantitative estimate of drug-likeness (QED) is 0.708. The molecule has 0 aliphatic carbocycles. The number of hydrogen-bond acceptors (Lipinski definition) is 4. The van der Waals surface area contributed by atoms with Gasteiger partial charge in [0.25, 0.3) is 0 Å². The van der Waals surface area contributed by atoms with Crippen LogP contribution in [0.2, 0.25) is 5.02 Å². The number of fused-ring (bicyclic) bond motifs is 1. The highest BCUT2D eigenvalue weighted by Gasteiger charge is 2.09. The van der Waals surface area contributed by atoms with Crippen molar-refractivity contribution in [1.29, 1.82) is 0 Å². The Morgan fingerprint density at radius 2 is 2.12 bits per heavy atom. The third-order valence-corrected chi connectivity index (χ3v) is 4.88. The van der Waals surface area contributed by atoms with Gasteiger partial charge >= 0.3 is 0 Å². The Morgan fingerprint density at radius 1 is 1.29 bits per heavy atom. The van der Waals surface area contributed by atoms with Crippen molar-refractivity contribution in [3.05, 3.63) is 52.5 Å². The highest BCUT2D eigenvalue weighted by Crippen LogP contribution is 2.28. The van der Waals surface area contributed by atoms with Crippen molar-refractivity contribution >= 4 is 44.2 Å². The molecule has 0 bridgehead atoms. The number of benzene rings is 2. The first-order valence-electron chi connectivity index (χ1n) is 7.54. The summed E-state index contributed by atoms with van der Waals surface area (Å²) >= 11 is 7.39. The molecule has 4 nitrogen and oxygen atoms in total. The van der Waals surface area contributed by atoms with Gasteiger partial charge in [0, 0.05) is 11.4 Å². The maximum absolute atomic E-state index is 12.1. The molecule has 3 aromatic rings. The predicted octanol–water partition coefficient (Wildman–Crippen LogP) is 4.84. The van der Waals surface area contributed by atoms with Gasteiger partial charge in [-0.15, -0.1) is 0 Å². The van der Waals surface area contributed by atoms with Crippen LogP contribution >= 0.6 is 22.9 Å². The van der Waals surface area contributed by atoms with Gasteiger partial charge in [0.2, 0.25) is 5.91 Å². The van der Waals surface area contributed by atoms with Crippen molar-refractivity contribution in [3.8, 4) is 5.75 Å². The van der Waals surface area contributed by atoms with E-state index in [-0.39, 0.29) is 5.91 Å². The minimum absolute atomic E-state index is 0.0558. The van der Waals surface area contributed by atoms with Gasteiger partial charge in [-0.1, -0.05) is 35.1 Å². The van der Waals surface area contributed by atoms with Gasteiger partial charge in [0.05, 0.1) is 17.3 Å². The molecule has 1 amide bonds. The first-order chi connectivity index (χ1) is 11.5. The minimum atomic E-state index is -0.0558. The third-order valence-electron chi connectivity index (χ3n) is 3.71. The lowest BCUT2D eigenvalue weighted by atomic mass is 10.1. The second-order valence-corrected chi connectivity index (χ2v) is 6.95. The summed E-state index contributed by atoms with van der Waals surface area (Å²) in [5, 5.41) is 4.12. The molecule has 6 heteroatoms. The maximum atomic E-state index is 12.1. The molecule has 1 heterocycles. The number of nitrogens with one attached hydrogen (secondary N) is 1. The van der Waals surface area contributed by atoms with Crippen molar-refractivity contribution in [2.24, 2.45) is 0 Å². The van der Waals surface area contributed by atoms with Crippen LogP contribution in [0.3, 0.4) is 0 Å². The summed E-state index contributed by atoms with van der Waals surface area (Å²) in [4.78, 5) is 16.5. The molecule has 0 radical (unpaired) electrons. The molecule has 1 N–H and O–H groups in total. The second kappa shape index (κ2) is 7.20. The van der Waals surface area contributed by atoms with E-state index in [4.69, 9.17) is 16.3 Å². The van der Waals surface area contributed by atoms with E-state index in [2.05, 4.69) is 10.3 Å². The van der Waals surface area contributed by atoms with Crippen LogP contribution < -0.4 is 10.1 Å². The maximum Gasteiger partial charge on any atom is 0.226 e. The Hall–Kier alpha value is -2.11. The average Bonchev–Trinajstić information content (AvgIpc) is 2.95. The molecule has 24 heavy (non-hydrogen) atoms. The molecular weight excluding hydrogens is 344 g/mol. The highest BCUT2D eigenvalue weighted by molar-refractivity contribution is 7.22. The van der Waals surface area contributed by atoms with Crippen LogP contribution in [0.15, 0.2) is 36.4 Å². The van der Waals surface area contributed by atoms with Gasteiger partial charge in [-0.05, 0) is 48.7 Å². The zero-order valence-electron chi connectivity index (χ0n) is 13.4. The zero-order valence-corrected chi connectivity index (χ0v) is 15.0. The molecule has 3 rings (SSSR count). The van der Waals surface area contributed by atoms with Crippen LogP contribution in [0.4, 0.5) is 5.13 Å². The first kappa shape index (κ1) is 16.7. The predicted molar refractivity (Wildman–Crippen MR) is 99.3 cm³/mol. The molecule has 0 atom stereocenters. The topological polar surface area (TPSA) is 51.2 Å². The number of aryl methyl sites for hydroxylation is 2. The van der Waals surface area contributed by atoms with Crippen LogP contribution in [-0.4, -0.2) is 18.0 Å². The number of nitrogens with zero attached hydrogens (tertiary/aromatic N) is 1. The number of carbonyl (C=O) groups is 1. The van der Waals surface area contributed by atoms with E-state index in [1.807, 2.05) is 37.3 Å². The Bertz CT molecular complexity index is 892. The zero-order chi connectivity index (χ0) is 17.1. The Kier molecular flexibility index (Phi) is 5.02. The fourth-order valence-corrected chi connectivity index (χ4v) is 3.57. The van der Waals surface area contributed by atoms with Crippen molar-refractivity contribution < 1.29 is 9.53 Å². The first-order valence-corrected chi connectivity index (χ1v) is 8.74. The fourth-order valence-electron chi connectivity index (χ4n) is 2.41. The van der Waals surface area contributed by atoms with Crippen molar-refractivity contribution in [3.63, 3.8) is 0 Å². The van der Waals surface area contributed by atoms with Gasteiger partial charge in [0.15, 0.2) is 5.13 Å². The lowest BCUT2D eigenvalue weighted by molar-refractivity contribution is -0.116. The molecular formula is C18H17ClN2O2S. The highest BCUT2D eigenvalue weighted by atomic mass is 35.5. The number of aromatic nitrogens is 1. The normalized spacial score (nSPS) is 10.8. The lowest BCUT2D eigenvalue weighted by Gasteiger charge is -2.07. The number of carbonyl (C=O) groups excluding carboxylic acids is 1. The lowest BCUT2D eigenvalue weighted by Crippen LogP contribution is -2.12. The number of anilines is 1. The molecule has 0 fully saturated rings. The van der Waals surface area contributed by atoms with Crippen molar-refractivity contribution in [2.45, 2.75) is 19.8 Å². The molecule has 0 aliphatic heterocycles. The van der Waals surface area contributed by atoms with Crippen LogP contribution in [0.25, 0.3) is 10.2 Å². The Labute approximate surface area is 149 Å². The van der Waals surface area contributed by atoms with Gasteiger partial charge in [-0.25, -0.2) is 4.98 Å². The van der Waals surface area contributed by atoms with E-state index in [9.17, 15) is 4.79 Å². The molecule has 0 saturated heterocycles. The number of hydrogen-bond donors (Lipinski definition) is 1. The number of methoxy groups -OCH3 is 1. The summed E-state index contributed by atoms with van der Waals surface area (Å²) in [7, 11) is 1.65. The van der Waals surface area contributed by atoms with E-state index in [1.165, 1.54) is 11.3 Å². The van der Waals surface area contributed by atoms with Gasteiger partial charge in [-0.2, -0.15) is 0 Å². The van der Waals surface area contributed by atoms with E-state index in [1.54, 1.807) is 13.2 Å². The van der Waals surface area contributed by atoms with Crippen LogP contribution in [0.1, 0.15) is 17.5 Å². The van der Waals surface area contributed by atoms with E-state index >= 15 is 0 Å². The second-order valence-electron chi connectivity index (χ2n) is 5.48. The number of rotatable bonds is 5. The van der Waals surface area contributed by atoms with E-state index in [0.29, 0.717) is 23.0 Å². The van der Waals surface area contributed by atoms with Gasteiger partial charge in [-0.3, -0.25) is 4.79 Å². The smallest absolute Gasteiger partial charge is 0.226 e. The summed E-state index contributed by atoms with van der Waals surface area (Å²) in [6.07, 6.45) is 1.04. The SMILES string of the molecule is COc1cc(CCC(=O)Nc2nc3ccc(Cl)cc3s2)ccc1C. The molecule has 0 saturated carbocycles. The average molecular weight is 361 g/mol. The van der Waals surface area contributed by atoms with Crippen LogP contribution in [0.5, 0.6) is 5.75 Å². The molecule has 0 spiro atoms. The van der Waals surface area contributed by atoms with E-state index < -0.39 is 0 Å². The molecule has 1 aromatic heterocycles. The van der Waals surface area contributed by atoms with Crippen LogP contribution in [0, 0.1) is 6.92 Å². The fraction of sp³-hybridized carbons (Fsp3) is 0.222. The summed E-state index contributed by atoms with van der Waals surface area (Å²) in [5.74, 6) is 0.788. The molecule has 0 unspecified atom stereocenters. The number of ether oxygens (including phenoxy) is 1. The monoisotopic (exact) mass is 360 g/mol. The van der Waals surface area contributed by atoms with Gasteiger partial charge < -0.3 is 10.1 Å². The summed E-state index contributed by atoms with van der Waals surface area (Å²) in [6, 6.07) is 11.5. The molecule has 0 aliphatic rings. The summed E-state index contributed by atoms with van der Waals surface area (Å²) in [6.45, 7) is 1.99. The third kappa shape index (κ3) is 3.86. The van der Waals surface area contributed by atoms with Gasteiger partial charge in [0.1, 0.15) is 5.75 Å². The summed E-state index contributed by atoms with van der Waals surface area (Å²) in [5.41, 5.74) is 2.99. The minimum Gasteiger partial charge on any atom is -0.496 e. The Balaban J connectivity index is 1.62. The van der Waals surface area contributed by atoms with E-state index in [0.717, 1.165) is 27.1 Å². The number of amides is 1. The molecule has 124 valence electrons.